The second kappa shape index (κ2) is 5.97. The van der Waals surface area contributed by atoms with Gasteiger partial charge in [-0.05, 0) is 41.4 Å². The largest absolute Gasteiger partial charge is 0.503 e. The molecule has 4 nitrogen and oxygen atoms in total. The Labute approximate surface area is 130 Å². The molecule has 0 atom stereocenters. The third-order valence-electron chi connectivity index (χ3n) is 3.02. The molecule has 1 aromatic carbocycles. The van der Waals surface area contributed by atoms with Gasteiger partial charge in [0, 0.05) is 16.8 Å². The smallest absolute Gasteiger partial charge is 0.172 e. The van der Waals surface area contributed by atoms with Crippen molar-refractivity contribution in [1.29, 1.82) is 0 Å². The average Bonchev–Trinajstić information content (AvgIpc) is 2.41. The second-order valence-electron chi connectivity index (χ2n) is 4.26. The van der Waals surface area contributed by atoms with Gasteiger partial charge in [-0.15, -0.1) is 0 Å². The van der Waals surface area contributed by atoms with Crippen LogP contribution in [0.4, 0.5) is 0 Å². The first kappa shape index (κ1) is 15.1. The summed E-state index contributed by atoms with van der Waals surface area (Å²) in [6.45, 7) is 3.92. The Hall–Kier alpha value is -1.33. The number of aromatic nitrogens is 2. The maximum atomic E-state index is 9.82. The van der Waals surface area contributed by atoms with Crippen LogP contribution < -0.4 is 4.74 Å². The van der Waals surface area contributed by atoms with E-state index in [0.717, 1.165) is 23.2 Å². The summed E-state index contributed by atoms with van der Waals surface area (Å²) in [6, 6.07) is 3.41. The van der Waals surface area contributed by atoms with Gasteiger partial charge < -0.3 is 9.84 Å². The van der Waals surface area contributed by atoms with Crippen molar-refractivity contribution in [3.05, 3.63) is 33.0 Å². The fraction of sp³-hybridized carbons (Fsp3) is 0.286. The highest BCUT2D eigenvalue weighted by atomic mass is 79.9. The van der Waals surface area contributed by atoms with Crippen LogP contribution in [0.3, 0.4) is 0 Å². The van der Waals surface area contributed by atoms with Crippen LogP contribution in [-0.2, 0) is 6.42 Å². The van der Waals surface area contributed by atoms with Gasteiger partial charge in [0.1, 0.15) is 5.15 Å². The number of hydrogen-bond donors (Lipinski definition) is 1. The fourth-order valence-corrected chi connectivity index (χ4v) is 2.74. The topological polar surface area (TPSA) is 55.2 Å². The Kier molecular flexibility index (Phi) is 4.50. The molecular weight excluding hydrogens is 344 g/mol. The monoisotopic (exact) mass is 356 g/mol. The molecule has 2 aromatic rings. The molecule has 1 N–H and O–H groups in total. The molecule has 0 saturated carbocycles. The number of halogens is 2. The lowest BCUT2D eigenvalue weighted by atomic mass is 10.1. The van der Waals surface area contributed by atoms with Gasteiger partial charge in [0.25, 0.3) is 0 Å². The number of ether oxygens (including phenoxy) is 1. The zero-order valence-electron chi connectivity index (χ0n) is 11.4. The minimum Gasteiger partial charge on any atom is -0.503 e. The molecule has 106 valence electrons. The van der Waals surface area contributed by atoms with Gasteiger partial charge in [0.15, 0.2) is 17.3 Å². The highest BCUT2D eigenvalue weighted by molar-refractivity contribution is 9.10. The molecule has 0 unspecified atom stereocenters. The van der Waals surface area contributed by atoms with Gasteiger partial charge in [-0.2, -0.15) is 0 Å². The maximum Gasteiger partial charge on any atom is 0.172 e. The summed E-state index contributed by atoms with van der Waals surface area (Å²) in [5.41, 5.74) is 2.52. The summed E-state index contributed by atoms with van der Waals surface area (Å²) in [4.78, 5) is 8.79. The van der Waals surface area contributed by atoms with E-state index in [1.807, 2.05) is 13.8 Å². The van der Waals surface area contributed by atoms with Crippen molar-refractivity contribution in [3.8, 4) is 22.9 Å². The van der Waals surface area contributed by atoms with Crippen LogP contribution in [-0.4, -0.2) is 22.2 Å². The lowest BCUT2D eigenvalue weighted by Crippen LogP contribution is -1.99. The molecule has 0 radical (unpaired) electrons. The van der Waals surface area contributed by atoms with E-state index in [0.29, 0.717) is 21.2 Å². The number of nitrogens with zero attached hydrogens (tertiary/aromatic N) is 2. The number of methoxy groups -OCH3 is 1. The first-order valence-corrected chi connectivity index (χ1v) is 7.24. The third-order valence-corrected chi connectivity index (χ3v) is 3.94. The zero-order chi connectivity index (χ0) is 14.9. The van der Waals surface area contributed by atoms with Crippen molar-refractivity contribution >= 4 is 27.5 Å². The first-order chi connectivity index (χ1) is 9.47. The minimum absolute atomic E-state index is 0.0456. The number of phenols is 1. The molecule has 0 bridgehead atoms. The quantitative estimate of drug-likeness (QED) is 0.839. The Morgan fingerprint density at radius 2 is 2.05 bits per heavy atom. The van der Waals surface area contributed by atoms with Gasteiger partial charge in [-0.1, -0.05) is 18.5 Å². The summed E-state index contributed by atoms with van der Waals surface area (Å²) >= 11 is 9.47. The molecule has 2 rings (SSSR count). The van der Waals surface area contributed by atoms with Crippen LogP contribution >= 0.6 is 27.5 Å². The van der Waals surface area contributed by atoms with Crippen molar-refractivity contribution in [1.82, 2.24) is 9.97 Å². The highest BCUT2D eigenvalue weighted by Crippen LogP contribution is 2.38. The van der Waals surface area contributed by atoms with Crippen LogP contribution in [0.5, 0.6) is 11.5 Å². The van der Waals surface area contributed by atoms with E-state index >= 15 is 0 Å². The number of hydrogen-bond acceptors (Lipinski definition) is 4. The van der Waals surface area contributed by atoms with Crippen LogP contribution in [0.2, 0.25) is 5.15 Å². The van der Waals surface area contributed by atoms with Crippen LogP contribution in [0.1, 0.15) is 18.2 Å². The van der Waals surface area contributed by atoms with Crippen molar-refractivity contribution in [3.63, 3.8) is 0 Å². The van der Waals surface area contributed by atoms with Crippen molar-refractivity contribution < 1.29 is 9.84 Å². The molecule has 0 fully saturated rings. The van der Waals surface area contributed by atoms with Gasteiger partial charge in [0.2, 0.25) is 0 Å². The molecule has 0 aliphatic heterocycles. The number of rotatable bonds is 3. The molecule has 0 saturated heterocycles. The predicted octanol–water partition coefficient (Wildman–Crippen LogP) is 4.14. The minimum atomic E-state index is 0.0456. The van der Waals surface area contributed by atoms with Crippen LogP contribution in [0.15, 0.2) is 16.6 Å². The molecule has 6 heteroatoms. The molecule has 20 heavy (non-hydrogen) atoms. The Morgan fingerprint density at radius 3 is 2.60 bits per heavy atom. The standard InChI is InChI=1S/C14H14BrClN2O2/c1-4-9-7(2)17-14(18-13(9)16)8-5-10(15)12(19)11(6-8)20-3/h5-6,19H,4H2,1-3H3. The molecule has 0 aliphatic rings. The number of benzene rings is 1. The maximum absolute atomic E-state index is 9.82. The molecule has 0 amide bonds. The van der Waals surface area contributed by atoms with Gasteiger partial charge in [0.05, 0.1) is 11.6 Å². The Balaban J connectivity index is 2.60. The number of aryl methyl sites for hydroxylation is 1. The average molecular weight is 358 g/mol. The molecule has 1 heterocycles. The number of aromatic hydroxyl groups is 1. The molecular formula is C14H14BrClN2O2. The summed E-state index contributed by atoms with van der Waals surface area (Å²) < 4.78 is 5.64. The predicted molar refractivity (Wildman–Crippen MR) is 82.5 cm³/mol. The van der Waals surface area contributed by atoms with E-state index in [1.165, 1.54) is 7.11 Å². The second-order valence-corrected chi connectivity index (χ2v) is 5.48. The summed E-state index contributed by atoms with van der Waals surface area (Å²) in [6.07, 6.45) is 0.785. The fourth-order valence-electron chi connectivity index (χ4n) is 1.95. The van der Waals surface area contributed by atoms with E-state index in [1.54, 1.807) is 12.1 Å². The van der Waals surface area contributed by atoms with E-state index in [2.05, 4.69) is 25.9 Å². The number of phenolic OH excluding ortho intramolecular Hbond substituents is 1. The van der Waals surface area contributed by atoms with E-state index < -0.39 is 0 Å². The third kappa shape index (κ3) is 2.74. The molecule has 1 aromatic heterocycles. The van der Waals surface area contributed by atoms with Gasteiger partial charge in [-0.3, -0.25) is 0 Å². The Morgan fingerprint density at radius 1 is 1.35 bits per heavy atom. The van der Waals surface area contributed by atoms with E-state index in [4.69, 9.17) is 16.3 Å². The normalized spacial score (nSPS) is 10.7. The van der Waals surface area contributed by atoms with Crippen LogP contribution in [0, 0.1) is 6.92 Å². The lowest BCUT2D eigenvalue weighted by molar-refractivity contribution is 0.372. The SMILES string of the molecule is CCc1c(C)nc(-c2cc(Br)c(O)c(OC)c2)nc1Cl. The van der Waals surface area contributed by atoms with Crippen molar-refractivity contribution in [2.24, 2.45) is 0 Å². The molecule has 0 aliphatic carbocycles. The van der Waals surface area contributed by atoms with E-state index in [9.17, 15) is 5.11 Å². The summed E-state index contributed by atoms with van der Waals surface area (Å²) in [5.74, 6) is 0.902. The molecule has 0 spiro atoms. The summed E-state index contributed by atoms with van der Waals surface area (Å²) in [7, 11) is 1.49. The summed E-state index contributed by atoms with van der Waals surface area (Å²) in [5, 5.41) is 10.3. The first-order valence-electron chi connectivity index (χ1n) is 6.07. The van der Waals surface area contributed by atoms with E-state index in [-0.39, 0.29) is 5.75 Å². The Bertz CT molecular complexity index is 639. The van der Waals surface area contributed by atoms with Crippen LogP contribution in [0.25, 0.3) is 11.4 Å². The van der Waals surface area contributed by atoms with Crippen molar-refractivity contribution in [2.45, 2.75) is 20.3 Å². The van der Waals surface area contributed by atoms with Crippen molar-refractivity contribution in [2.75, 3.05) is 7.11 Å². The highest BCUT2D eigenvalue weighted by Gasteiger charge is 2.14. The van der Waals surface area contributed by atoms with Gasteiger partial charge >= 0.3 is 0 Å². The zero-order valence-corrected chi connectivity index (χ0v) is 13.7. The van der Waals surface area contributed by atoms with Gasteiger partial charge in [-0.25, -0.2) is 9.97 Å². The lowest BCUT2D eigenvalue weighted by Gasteiger charge is -2.10.